The molecule has 0 N–H and O–H groups in total. The second kappa shape index (κ2) is 7.16. The summed E-state index contributed by atoms with van der Waals surface area (Å²) in [5, 5.41) is 4.62. The number of benzene rings is 1. The Labute approximate surface area is 142 Å². The number of nitrogens with zero attached hydrogens (tertiary/aromatic N) is 3. The maximum atomic E-state index is 13.2. The fraction of sp³-hybridized carbons (Fsp3) is 0.474. The second-order valence-corrected chi connectivity index (χ2v) is 6.45. The van der Waals surface area contributed by atoms with Crippen LogP contribution in [-0.2, 0) is 12.8 Å². The van der Waals surface area contributed by atoms with Crippen LogP contribution in [-0.4, -0.2) is 34.2 Å². The summed E-state index contributed by atoms with van der Waals surface area (Å²) in [5.41, 5.74) is 3.54. The Balaban J connectivity index is 1.98. The van der Waals surface area contributed by atoms with Gasteiger partial charge in [0, 0.05) is 24.8 Å². The van der Waals surface area contributed by atoms with Gasteiger partial charge in [-0.25, -0.2) is 9.07 Å². The number of hydrogen-bond acceptors (Lipinski definition) is 2. The van der Waals surface area contributed by atoms with Gasteiger partial charge < -0.3 is 4.90 Å². The Morgan fingerprint density at radius 2 is 1.96 bits per heavy atom. The van der Waals surface area contributed by atoms with Crippen molar-refractivity contribution in [3.8, 4) is 5.69 Å². The highest BCUT2D eigenvalue weighted by atomic mass is 19.1. The number of carbonyl (C=O) groups excluding carboxylic acids is 1. The largest absolute Gasteiger partial charge is 0.340 e. The molecular weight excluding hydrogens is 305 g/mol. The molecule has 0 atom stereocenters. The number of amides is 1. The molecule has 1 aromatic heterocycles. The van der Waals surface area contributed by atoms with Crippen molar-refractivity contribution in [2.24, 2.45) is 0 Å². The summed E-state index contributed by atoms with van der Waals surface area (Å²) in [6.07, 6.45) is 6.02. The van der Waals surface area contributed by atoms with E-state index < -0.39 is 0 Å². The highest BCUT2D eigenvalue weighted by Gasteiger charge is 2.27. The van der Waals surface area contributed by atoms with Crippen molar-refractivity contribution in [1.29, 1.82) is 0 Å². The van der Waals surface area contributed by atoms with Crippen LogP contribution in [0.2, 0.25) is 0 Å². The highest BCUT2D eigenvalue weighted by Crippen LogP contribution is 2.27. The zero-order chi connectivity index (χ0) is 17.1. The standard InChI is InChI=1S/C19H24FN3O/c1-3-4-13-22(2)19(24)18-16-7-5-6-8-17(16)23(21-18)15-11-9-14(20)10-12-15/h9-12H,3-8,13H2,1-2H3. The number of hydrogen-bond donors (Lipinski definition) is 0. The van der Waals surface area contributed by atoms with Gasteiger partial charge in [0.05, 0.1) is 5.69 Å². The maximum Gasteiger partial charge on any atom is 0.274 e. The normalized spacial score (nSPS) is 13.6. The molecule has 1 aliphatic rings. The summed E-state index contributed by atoms with van der Waals surface area (Å²) in [7, 11) is 1.84. The quantitative estimate of drug-likeness (QED) is 0.837. The van der Waals surface area contributed by atoms with Crippen LogP contribution in [0, 0.1) is 5.82 Å². The summed E-state index contributed by atoms with van der Waals surface area (Å²) in [6, 6.07) is 6.29. The van der Waals surface area contributed by atoms with Crippen LogP contribution in [0.4, 0.5) is 4.39 Å². The smallest absolute Gasteiger partial charge is 0.274 e. The molecule has 0 radical (unpaired) electrons. The van der Waals surface area contributed by atoms with Gasteiger partial charge >= 0.3 is 0 Å². The molecule has 1 aliphatic carbocycles. The Kier molecular flexibility index (Phi) is 4.97. The molecule has 0 saturated heterocycles. The van der Waals surface area contributed by atoms with Crippen molar-refractivity contribution in [2.45, 2.75) is 45.4 Å². The Hall–Kier alpha value is -2.17. The molecular formula is C19H24FN3O. The molecule has 5 heteroatoms. The average molecular weight is 329 g/mol. The molecule has 1 aromatic carbocycles. The fourth-order valence-electron chi connectivity index (χ4n) is 3.24. The summed E-state index contributed by atoms with van der Waals surface area (Å²) in [4.78, 5) is 14.6. The van der Waals surface area contributed by atoms with Crippen molar-refractivity contribution >= 4 is 5.91 Å². The minimum absolute atomic E-state index is 0.0116. The molecule has 1 amide bonds. The average Bonchev–Trinajstić information content (AvgIpc) is 2.99. The third-order valence-corrected chi connectivity index (χ3v) is 4.65. The number of halogens is 1. The number of carbonyl (C=O) groups is 1. The molecule has 0 saturated carbocycles. The molecule has 128 valence electrons. The van der Waals surface area contributed by atoms with Gasteiger partial charge in [0.1, 0.15) is 5.82 Å². The van der Waals surface area contributed by atoms with Gasteiger partial charge in [0.2, 0.25) is 0 Å². The molecule has 24 heavy (non-hydrogen) atoms. The SMILES string of the molecule is CCCCN(C)C(=O)c1nn(-c2ccc(F)cc2)c2c1CCCC2. The van der Waals surface area contributed by atoms with Gasteiger partial charge in [-0.05, 0) is 56.4 Å². The van der Waals surface area contributed by atoms with E-state index >= 15 is 0 Å². The van der Waals surface area contributed by atoms with Crippen molar-refractivity contribution in [2.75, 3.05) is 13.6 Å². The monoisotopic (exact) mass is 329 g/mol. The van der Waals surface area contributed by atoms with E-state index in [0.29, 0.717) is 5.69 Å². The van der Waals surface area contributed by atoms with Crippen LogP contribution in [0.5, 0.6) is 0 Å². The van der Waals surface area contributed by atoms with Crippen molar-refractivity contribution < 1.29 is 9.18 Å². The van der Waals surface area contributed by atoms with Gasteiger partial charge in [-0.15, -0.1) is 0 Å². The summed E-state index contributed by atoms with van der Waals surface area (Å²) in [5.74, 6) is -0.280. The lowest BCUT2D eigenvalue weighted by molar-refractivity contribution is 0.0786. The van der Waals surface area contributed by atoms with Crippen LogP contribution >= 0.6 is 0 Å². The zero-order valence-electron chi connectivity index (χ0n) is 14.4. The molecule has 0 aliphatic heterocycles. The predicted octanol–water partition coefficient (Wildman–Crippen LogP) is 3.76. The van der Waals surface area contributed by atoms with Gasteiger partial charge in [0.25, 0.3) is 5.91 Å². The number of unbranched alkanes of at least 4 members (excludes halogenated alkanes) is 1. The van der Waals surface area contributed by atoms with E-state index in [4.69, 9.17) is 0 Å². The second-order valence-electron chi connectivity index (χ2n) is 6.45. The summed E-state index contributed by atoms with van der Waals surface area (Å²) < 4.78 is 15.0. The molecule has 0 bridgehead atoms. The molecule has 4 nitrogen and oxygen atoms in total. The van der Waals surface area contributed by atoms with Crippen LogP contribution < -0.4 is 0 Å². The van der Waals surface area contributed by atoms with E-state index in [0.717, 1.165) is 62.0 Å². The van der Waals surface area contributed by atoms with Gasteiger partial charge in [-0.2, -0.15) is 5.10 Å². The van der Waals surface area contributed by atoms with Crippen LogP contribution in [0.25, 0.3) is 5.69 Å². The molecule has 0 unspecified atom stereocenters. The maximum absolute atomic E-state index is 13.2. The Bertz CT molecular complexity index is 721. The Morgan fingerprint density at radius 1 is 1.25 bits per heavy atom. The van der Waals surface area contributed by atoms with Gasteiger partial charge in [-0.1, -0.05) is 13.3 Å². The first-order valence-corrected chi connectivity index (χ1v) is 8.74. The first-order valence-electron chi connectivity index (χ1n) is 8.74. The van der Waals surface area contributed by atoms with E-state index in [9.17, 15) is 9.18 Å². The fourth-order valence-corrected chi connectivity index (χ4v) is 3.24. The van der Waals surface area contributed by atoms with E-state index in [1.54, 1.807) is 17.0 Å². The first-order chi connectivity index (χ1) is 11.6. The molecule has 3 rings (SSSR count). The van der Waals surface area contributed by atoms with E-state index in [2.05, 4.69) is 12.0 Å². The predicted molar refractivity (Wildman–Crippen MR) is 92.0 cm³/mol. The topological polar surface area (TPSA) is 38.1 Å². The van der Waals surface area contributed by atoms with Crippen molar-refractivity contribution in [3.63, 3.8) is 0 Å². The summed E-state index contributed by atoms with van der Waals surface area (Å²) in [6.45, 7) is 2.86. The van der Waals surface area contributed by atoms with Crippen molar-refractivity contribution in [3.05, 3.63) is 47.0 Å². The van der Waals surface area contributed by atoms with Crippen molar-refractivity contribution in [1.82, 2.24) is 14.7 Å². The van der Waals surface area contributed by atoms with Crippen LogP contribution in [0.1, 0.15) is 54.4 Å². The number of aromatic nitrogens is 2. The Morgan fingerprint density at radius 3 is 2.67 bits per heavy atom. The van der Waals surface area contributed by atoms with E-state index in [1.165, 1.54) is 12.1 Å². The lowest BCUT2D eigenvalue weighted by Gasteiger charge is -2.17. The summed E-state index contributed by atoms with van der Waals surface area (Å²) >= 11 is 0. The van der Waals surface area contributed by atoms with Crippen LogP contribution in [0.3, 0.4) is 0 Å². The van der Waals surface area contributed by atoms with Gasteiger partial charge in [-0.3, -0.25) is 4.79 Å². The van der Waals surface area contributed by atoms with Gasteiger partial charge in [0.15, 0.2) is 5.69 Å². The number of fused-ring (bicyclic) bond motifs is 1. The lowest BCUT2D eigenvalue weighted by atomic mass is 9.95. The van der Waals surface area contributed by atoms with Crippen LogP contribution in [0.15, 0.2) is 24.3 Å². The first kappa shape index (κ1) is 16.7. The molecule has 2 aromatic rings. The minimum atomic E-state index is -0.268. The van der Waals surface area contributed by atoms with E-state index in [1.807, 2.05) is 11.7 Å². The number of rotatable bonds is 5. The molecule has 0 spiro atoms. The third kappa shape index (κ3) is 3.21. The minimum Gasteiger partial charge on any atom is -0.340 e. The van der Waals surface area contributed by atoms with E-state index in [-0.39, 0.29) is 11.7 Å². The lowest BCUT2D eigenvalue weighted by Crippen LogP contribution is -2.29. The molecule has 1 heterocycles. The highest BCUT2D eigenvalue weighted by molar-refractivity contribution is 5.94. The third-order valence-electron chi connectivity index (χ3n) is 4.65. The zero-order valence-corrected chi connectivity index (χ0v) is 14.4. The molecule has 0 fully saturated rings.